The molecule has 0 fully saturated rings. The van der Waals surface area contributed by atoms with Crippen LogP contribution in [-0.2, 0) is 19.1 Å². The predicted molar refractivity (Wildman–Crippen MR) is 56.3 cm³/mol. The monoisotopic (exact) mass is 214 g/mol. The van der Waals surface area contributed by atoms with E-state index in [1.165, 1.54) is 6.92 Å². The van der Waals surface area contributed by atoms with Gasteiger partial charge < -0.3 is 9.47 Å². The zero-order chi connectivity index (χ0) is 11.5. The summed E-state index contributed by atoms with van der Waals surface area (Å²) >= 11 is 0. The van der Waals surface area contributed by atoms with E-state index in [1.807, 2.05) is 0 Å². The molecule has 0 aliphatic carbocycles. The van der Waals surface area contributed by atoms with Crippen molar-refractivity contribution in [1.29, 1.82) is 0 Å². The summed E-state index contributed by atoms with van der Waals surface area (Å²) < 4.78 is 9.54. The van der Waals surface area contributed by atoms with E-state index in [4.69, 9.17) is 9.47 Å². The minimum absolute atomic E-state index is 0.206. The van der Waals surface area contributed by atoms with Gasteiger partial charge in [-0.2, -0.15) is 0 Å². The van der Waals surface area contributed by atoms with E-state index < -0.39 is 0 Å². The lowest BCUT2D eigenvalue weighted by Gasteiger charge is -2.02. The minimum Gasteiger partial charge on any atom is -0.466 e. The van der Waals surface area contributed by atoms with E-state index in [2.05, 4.69) is 6.58 Å². The Morgan fingerprint density at radius 2 is 1.93 bits per heavy atom. The van der Waals surface area contributed by atoms with Gasteiger partial charge in [0.1, 0.15) is 6.61 Å². The second-order valence-electron chi connectivity index (χ2n) is 3.12. The Kier molecular flexibility index (Phi) is 8.43. The largest absolute Gasteiger partial charge is 0.466 e. The summed E-state index contributed by atoms with van der Waals surface area (Å²) in [6, 6.07) is 0. The smallest absolute Gasteiger partial charge is 0.306 e. The molecule has 0 aromatic rings. The second-order valence-corrected chi connectivity index (χ2v) is 3.12. The van der Waals surface area contributed by atoms with E-state index in [-0.39, 0.29) is 18.5 Å². The lowest BCUT2D eigenvalue weighted by atomic mass is 10.2. The third-order valence-electron chi connectivity index (χ3n) is 1.69. The first kappa shape index (κ1) is 13.7. The molecule has 0 N–H and O–H groups in total. The van der Waals surface area contributed by atoms with Gasteiger partial charge in [0.25, 0.3) is 0 Å². The standard InChI is InChI=1S/C11H18O4/c1-3-8-15-11(13)7-5-4-6-9-14-10(2)12/h3H,1,4-9H2,2H3. The number of ether oxygens (including phenoxy) is 2. The molecule has 0 radical (unpaired) electrons. The van der Waals surface area contributed by atoms with Crippen LogP contribution in [0.3, 0.4) is 0 Å². The van der Waals surface area contributed by atoms with Crippen LogP contribution in [0.2, 0.25) is 0 Å². The molecular formula is C11H18O4. The maximum absolute atomic E-state index is 11.0. The summed E-state index contributed by atoms with van der Waals surface area (Å²) in [6.07, 6.45) is 4.36. The van der Waals surface area contributed by atoms with Crippen molar-refractivity contribution >= 4 is 11.9 Å². The fourth-order valence-electron chi connectivity index (χ4n) is 0.988. The number of unbranched alkanes of at least 4 members (excludes halogenated alkanes) is 2. The van der Waals surface area contributed by atoms with E-state index in [1.54, 1.807) is 6.08 Å². The molecule has 0 aliphatic rings. The van der Waals surface area contributed by atoms with Crippen LogP contribution in [0, 0.1) is 0 Å². The molecular weight excluding hydrogens is 196 g/mol. The highest BCUT2D eigenvalue weighted by atomic mass is 16.5. The molecule has 0 aliphatic heterocycles. The molecule has 0 rings (SSSR count). The Morgan fingerprint density at radius 3 is 2.53 bits per heavy atom. The van der Waals surface area contributed by atoms with Crippen LogP contribution < -0.4 is 0 Å². The molecule has 0 unspecified atom stereocenters. The fraction of sp³-hybridized carbons (Fsp3) is 0.636. The molecule has 0 spiro atoms. The van der Waals surface area contributed by atoms with Crippen molar-refractivity contribution in [3.05, 3.63) is 12.7 Å². The maximum atomic E-state index is 11.0. The Hall–Kier alpha value is -1.32. The van der Waals surface area contributed by atoms with E-state index in [0.29, 0.717) is 13.0 Å². The molecule has 0 amide bonds. The van der Waals surface area contributed by atoms with Crippen LogP contribution in [0.1, 0.15) is 32.6 Å². The fourth-order valence-corrected chi connectivity index (χ4v) is 0.988. The molecule has 0 bridgehead atoms. The highest BCUT2D eigenvalue weighted by Gasteiger charge is 2.01. The zero-order valence-electron chi connectivity index (χ0n) is 9.16. The molecule has 0 saturated heterocycles. The Labute approximate surface area is 90.2 Å². The molecule has 0 heterocycles. The van der Waals surface area contributed by atoms with Gasteiger partial charge in [-0.05, 0) is 19.3 Å². The van der Waals surface area contributed by atoms with Crippen molar-refractivity contribution in [3.63, 3.8) is 0 Å². The predicted octanol–water partition coefficient (Wildman–Crippen LogP) is 1.84. The van der Waals surface area contributed by atoms with Crippen molar-refractivity contribution in [3.8, 4) is 0 Å². The number of carbonyl (C=O) groups is 2. The molecule has 0 aromatic heterocycles. The number of esters is 2. The molecule has 0 atom stereocenters. The van der Waals surface area contributed by atoms with Crippen LogP contribution >= 0.6 is 0 Å². The first-order valence-corrected chi connectivity index (χ1v) is 5.06. The van der Waals surface area contributed by atoms with Gasteiger partial charge in [0.05, 0.1) is 6.61 Å². The normalized spacial score (nSPS) is 9.40. The van der Waals surface area contributed by atoms with E-state index in [9.17, 15) is 9.59 Å². The minimum atomic E-state index is -0.264. The molecule has 15 heavy (non-hydrogen) atoms. The van der Waals surface area contributed by atoms with Gasteiger partial charge >= 0.3 is 11.9 Å². The van der Waals surface area contributed by atoms with Crippen LogP contribution in [0.15, 0.2) is 12.7 Å². The Balaban J connectivity index is 3.19. The van der Waals surface area contributed by atoms with Crippen LogP contribution in [0.4, 0.5) is 0 Å². The average molecular weight is 214 g/mol. The Bertz CT molecular complexity index is 211. The molecule has 4 heteroatoms. The van der Waals surface area contributed by atoms with Gasteiger partial charge in [-0.3, -0.25) is 9.59 Å². The topological polar surface area (TPSA) is 52.6 Å². The second kappa shape index (κ2) is 9.24. The third kappa shape index (κ3) is 10.6. The van der Waals surface area contributed by atoms with Gasteiger partial charge in [-0.15, -0.1) is 0 Å². The molecule has 0 aromatic carbocycles. The first-order chi connectivity index (χ1) is 7.16. The summed E-state index contributed by atoms with van der Waals surface area (Å²) in [4.78, 5) is 21.4. The number of hydrogen-bond donors (Lipinski definition) is 0. The lowest BCUT2D eigenvalue weighted by molar-refractivity contribution is -0.143. The highest BCUT2D eigenvalue weighted by Crippen LogP contribution is 2.01. The molecule has 86 valence electrons. The van der Waals surface area contributed by atoms with Crippen molar-refractivity contribution in [1.82, 2.24) is 0 Å². The van der Waals surface area contributed by atoms with Gasteiger partial charge in [-0.25, -0.2) is 0 Å². The zero-order valence-corrected chi connectivity index (χ0v) is 9.16. The van der Waals surface area contributed by atoms with Crippen molar-refractivity contribution in [2.75, 3.05) is 13.2 Å². The van der Waals surface area contributed by atoms with E-state index >= 15 is 0 Å². The van der Waals surface area contributed by atoms with Gasteiger partial charge in [0.15, 0.2) is 0 Å². The van der Waals surface area contributed by atoms with Gasteiger partial charge in [0, 0.05) is 13.3 Å². The number of rotatable bonds is 8. The van der Waals surface area contributed by atoms with Crippen LogP contribution in [-0.4, -0.2) is 25.2 Å². The van der Waals surface area contributed by atoms with Crippen LogP contribution in [0.5, 0.6) is 0 Å². The van der Waals surface area contributed by atoms with E-state index in [0.717, 1.165) is 19.3 Å². The van der Waals surface area contributed by atoms with Crippen molar-refractivity contribution in [2.24, 2.45) is 0 Å². The average Bonchev–Trinajstić information content (AvgIpc) is 2.19. The highest BCUT2D eigenvalue weighted by molar-refractivity contribution is 5.69. The van der Waals surface area contributed by atoms with Crippen molar-refractivity contribution < 1.29 is 19.1 Å². The number of hydrogen-bond acceptors (Lipinski definition) is 4. The quantitative estimate of drug-likeness (QED) is 0.351. The summed E-state index contributed by atoms with van der Waals surface area (Å²) in [5.41, 5.74) is 0. The SMILES string of the molecule is C=CCOC(=O)CCCCCOC(C)=O. The van der Waals surface area contributed by atoms with Crippen molar-refractivity contribution in [2.45, 2.75) is 32.6 Å². The Morgan fingerprint density at radius 1 is 1.20 bits per heavy atom. The first-order valence-electron chi connectivity index (χ1n) is 5.06. The summed E-state index contributed by atoms with van der Waals surface area (Å²) in [5.74, 6) is -0.470. The van der Waals surface area contributed by atoms with Gasteiger partial charge in [0.2, 0.25) is 0 Å². The summed E-state index contributed by atoms with van der Waals surface area (Å²) in [5, 5.41) is 0. The maximum Gasteiger partial charge on any atom is 0.306 e. The van der Waals surface area contributed by atoms with Gasteiger partial charge in [-0.1, -0.05) is 12.7 Å². The lowest BCUT2D eigenvalue weighted by Crippen LogP contribution is -2.04. The third-order valence-corrected chi connectivity index (χ3v) is 1.69. The van der Waals surface area contributed by atoms with Crippen LogP contribution in [0.25, 0.3) is 0 Å². The summed E-state index contributed by atoms with van der Waals surface area (Å²) in [7, 11) is 0. The molecule has 4 nitrogen and oxygen atoms in total. The number of carbonyl (C=O) groups excluding carboxylic acids is 2. The molecule has 0 saturated carbocycles. The summed E-state index contributed by atoms with van der Waals surface area (Å²) in [6.45, 7) is 5.52.